The van der Waals surface area contributed by atoms with Crippen molar-refractivity contribution in [2.24, 2.45) is 0 Å². The van der Waals surface area contributed by atoms with Crippen LogP contribution in [0.25, 0.3) is 121 Å². The van der Waals surface area contributed by atoms with Crippen LogP contribution in [0.3, 0.4) is 0 Å². The van der Waals surface area contributed by atoms with Crippen LogP contribution in [-0.4, -0.2) is 32.3 Å². The molecule has 0 spiro atoms. The second-order valence-electron chi connectivity index (χ2n) is 25.9. The Morgan fingerprint density at radius 2 is 0.461 bits per heavy atom. The predicted molar refractivity (Wildman–Crippen MR) is 350 cm³/mol. The van der Waals surface area contributed by atoms with Gasteiger partial charge in [-0.2, -0.15) is 0 Å². The van der Waals surface area contributed by atoms with Crippen molar-refractivity contribution in [3.63, 3.8) is 0 Å². The molecule has 0 atom stereocenters. The lowest BCUT2D eigenvalue weighted by atomic mass is 9.81. The van der Waals surface area contributed by atoms with Crippen LogP contribution in [0.2, 0.25) is 78.6 Å². The molecule has 0 saturated heterocycles. The van der Waals surface area contributed by atoms with Gasteiger partial charge in [-0.3, -0.25) is 0 Å². The van der Waals surface area contributed by atoms with Gasteiger partial charge in [0.05, 0.1) is 32.3 Å². The molecule has 0 heterocycles. The van der Waals surface area contributed by atoms with E-state index in [9.17, 15) is 0 Å². The van der Waals surface area contributed by atoms with Crippen LogP contribution in [0, 0.1) is 0 Å². The molecular weight excluding hydrogens is 977 g/mol. The van der Waals surface area contributed by atoms with Gasteiger partial charge >= 0.3 is 0 Å². The zero-order valence-corrected chi connectivity index (χ0v) is 50.6. The normalized spacial score (nSPS) is 12.7. The molecular formula is C72H70Si4. The van der Waals surface area contributed by atoms with Crippen molar-refractivity contribution < 1.29 is 0 Å². The van der Waals surface area contributed by atoms with Crippen LogP contribution in [-0.2, 0) is 0 Å². The molecule has 0 saturated carbocycles. The summed E-state index contributed by atoms with van der Waals surface area (Å²) >= 11 is 0. The third-order valence-corrected chi connectivity index (χ3v) is 24.5. The van der Waals surface area contributed by atoms with Crippen molar-refractivity contribution in [1.82, 2.24) is 0 Å². The highest BCUT2D eigenvalue weighted by molar-refractivity contribution is 6.92. The topological polar surface area (TPSA) is 0 Å². The van der Waals surface area contributed by atoms with E-state index in [2.05, 4.69) is 285 Å². The number of hydrogen-bond acceptors (Lipinski definition) is 0. The van der Waals surface area contributed by atoms with Gasteiger partial charge < -0.3 is 0 Å². The largest absolute Gasteiger partial charge is 0.0776 e. The summed E-state index contributed by atoms with van der Waals surface area (Å²) in [7, 11) is -6.84. The minimum atomic E-state index is -1.71. The van der Waals surface area contributed by atoms with Gasteiger partial charge in [-0.15, -0.1) is 0 Å². The van der Waals surface area contributed by atoms with E-state index in [0.717, 1.165) is 0 Å². The maximum Gasteiger partial charge on any atom is 0.0776 e. The third kappa shape index (κ3) is 9.13. The van der Waals surface area contributed by atoms with Crippen molar-refractivity contribution in [2.75, 3.05) is 0 Å². The molecule has 0 radical (unpaired) electrons. The Kier molecular flexibility index (Phi) is 12.1. The molecule has 0 aromatic heterocycles. The van der Waals surface area contributed by atoms with Crippen LogP contribution in [0.4, 0.5) is 0 Å². The molecule has 0 bridgehead atoms. The molecule has 0 N–H and O–H groups in total. The van der Waals surface area contributed by atoms with Crippen LogP contribution in [0.1, 0.15) is 0 Å². The molecule has 0 aliphatic heterocycles. The zero-order chi connectivity index (χ0) is 53.1. The van der Waals surface area contributed by atoms with Crippen molar-refractivity contribution in [2.45, 2.75) is 78.6 Å². The van der Waals surface area contributed by atoms with Gasteiger partial charge in [0.25, 0.3) is 0 Å². The van der Waals surface area contributed by atoms with Crippen LogP contribution < -0.4 is 20.7 Å². The summed E-state index contributed by atoms with van der Waals surface area (Å²) in [6, 6.07) is 80.4. The number of benzene rings is 12. The lowest BCUT2D eigenvalue weighted by molar-refractivity contribution is 1.60. The minimum absolute atomic E-state index is 1.23. The SMILES string of the molecule is C[Si](C)(C)c1cc(-c2cc(-c3ccc(-c4ccc5ccccc5c4)cc3)c3ccc4c(-c5cc([Si](C)(C)C)cc([Si](C)(C)C)c5)cc(-c5ccc(-c6ccc7ccccc7c6)cc5)c5ccc2c3c54)cc([Si](C)(C)C)c1. The summed E-state index contributed by atoms with van der Waals surface area (Å²) in [5.74, 6) is 0. The van der Waals surface area contributed by atoms with Crippen LogP contribution in [0.15, 0.2) is 206 Å². The third-order valence-electron chi connectivity index (χ3n) is 16.4. The first kappa shape index (κ1) is 49.9. The summed E-state index contributed by atoms with van der Waals surface area (Å²) in [5.41, 5.74) is 15.3. The summed E-state index contributed by atoms with van der Waals surface area (Å²) in [5, 5.41) is 19.2. The summed E-state index contributed by atoms with van der Waals surface area (Å²) in [6.07, 6.45) is 0. The Morgan fingerprint density at radius 3 is 0.763 bits per heavy atom. The molecule has 0 nitrogen and oxygen atoms in total. The van der Waals surface area contributed by atoms with E-state index in [1.165, 1.54) is 141 Å². The highest BCUT2D eigenvalue weighted by Gasteiger charge is 2.28. The van der Waals surface area contributed by atoms with E-state index in [-0.39, 0.29) is 0 Å². The van der Waals surface area contributed by atoms with Gasteiger partial charge in [0.15, 0.2) is 0 Å². The molecule has 0 unspecified atom stereocenters. The molecule has 374 valence electrons. The van der Waals surface area contributed by atoms with Crippen LogP contribution >= 0.6 is 0 Å². The highest BCUT2D eigenvalue weighted by atomic mass is 28.3. The first-order valence-electron chi connectivity index (χ1n) is 27.5. The molecule has 4 heteroatoms. The van der Waals surface area contributed by atoms with Gasteiger partial charge in [-0.1, -0.05) is 281 Å². The van der Waals surface area contributed by atoms with Gasteiger partial charge in [0, 0.05) is 0 Å². The van der Waals surface area contributed by atoms with E-state index in [0.29, 0.717) is 0 Å². The van der Waals surface area contributed by atoms with Crippen molar-refractivity contribution in [3.05, 3.63) is 206 Å². The fraction of sp³-hybridized carbons (Fsp3) is 0.167. The van der Waals surface area contributed by atoms with Crippen molar-refractivity contribution in [1.29, 1.82) is 0 Å². The average molecular weight is 1050 g/mol. The lowest BCUT2D eigenvalue weighted by Gasteiger charge is -2.26. The second-order valence-corrected chi connectivity index (χ2v) is 46.2. The lowest BCUT2D eigenvalue weighted by Crippen LogP contribution is -2.45. The Balaban J connectivity index is 1.16. The highest BCUT2D eigenvalue weighted by Crippen LogP contribution is 2.49. The molecule has 76 heavy (non-hydrogen) atoms. The smallest absolute Gasteiger partial charge is 0.0656 e. The summed E-state index contributed by atoms with van der Waals surface area (Å²) < 4.78 is 0. The number of hydrogen-bond donors (Lipinski definition) is 0. The molecule has 0 amide bonds. The molecule has 12 aromatic carbocycles. The monoisotopic (exact) mass is 1050 g/mol. The summed E-state index contributed by atoms with van der Waals surface area (Å²) in [4.78, 5) is 0. The number of rotatable bonds is 10. The Hall–Kier alpha value is -6.93. The van der Waals surface area contributed by atoms with E-state index < -0.39 is 32.3 Å². The van der Waals surface area contributed by atoms with E-state index in [4.69, 9.17) is 0 Å². The fourth-order valence-corrected chi connectivity index (χ4v) is 16.7. The Bertz CT molecular complexity index is 3890. The standard InChI is InChI=1S/C72H70Si4/c1-73(2,3)59-39-57(40-60(43-59)74(4,5)6)69-45-67(51-27-21-49(22-28-51)55-31-25-47-17-13-15-19-53(47)37-55)63-34-36-66-70(58-41-61(75(7,8)9)44-62(42-58)76(10,11)12)46-68(64-33-35-65(69)71(63)72(64)66)52-29-23-50(24-30-52)56-32-26-48-18-14-16-20-54(48)38-56/h13-46H,1-12H3. The maximum atomic E-state index is 2.58. The molecule has 12 aromatic rings. The first-order valence-corrected chi connectivity index (χ1v) is 41.5. The molecule has 0 aliphatic carbocycles. The molecule has 12 rings (SSSR count). The Labute approximate surface area is 455 Å². The Morgan fingerprint density at radius 1 is 0.197 bits per heavy atom. The maximum absolute atomic E-state index is 2.58. The van der Waals surface area contributed by atoms with E-state index in [1.54, 1.807) is 0 Å². The average Bonchev–Trinajstić information content (AvgIpc) is 3.57. The first-order chi connectivity index (χ1) is 36.2. The van der Waals surface area contributed by atoms with E-state index >= 15 is 0 Å². The van der Waals surface area contributed by atoms with Crippen molar-refractivity contribution in [3.8, 4) is 66.8 Å². The second kappa shape index (κ2) is 18.4. The fourth-order valence-electron chi connectivity index (χ4n) is 11.7. The molecule has 0 fully saturated rings. The van der Waals surface area contributed by atoms with Gasteiger partial charge in [0.1, 0.15) is 0 Å². The summed E-state index contributed by atoms with van der Waals surface area (Å²) in [6.45, 7) is 30.1. The van der Waals surface area contributed by atoms with Gasteiger partial charge in [-0.25, -0.2) is 0 Å². The van der Waals surface area contributed by atoms with E-state index in [1.807, 2.05) is 0 Å². The van der Waals surface area contributed by atoms with Crippen LogP contribution in [0.5, 0.6) is 0 Å². The minimum Gasteiger partial charge on any atom is -0.0656 e. The van der Waals surface area contributed by atoms with Gasteiger partial charge in [0.2, 0.25) is 0 Å². The zero-order valence-electron chi connectivity index (χ0n) is 46.6. The molecule has 0 aliphatic rings. The predicted octanol–water partition coefficient (Wildman–Crippen LogP) is 19.1. The van der Waals surface area contributed by atoms with Crippen molar-refractivity contribution >= 4 is 107 Å². The quantitative estimate of drug-likeness (QED) is 0.0946. The number of fused-ring (bicyclic) bond motifs is 2. The van der Waals surface area contributed by atoms with Gasteiger partial charge in [-0.05, 0) is 145 Å².